The third kappa shape index (κ3) is 7.52. The highest BCUT2D eigenvalue weighted by molar-refractivity contribution is 5.85. The smallest absolute Gasteiger partial charge is 0.320 e. The van der Waals surface area contributed by atoms with Crippen molar-refractivity contribution >= 4 is 24.3 Å². The zero-order valence-corrected chi connectivity index (χ0v) is 19.0. The van der Waals surface area contributed by atoms with Gasteiger partial charge in [0.25, 0.3) is 0 Å². The van der Waals surface area contributed by atoms with E-state index >= 15 is 0 Å². The van der Waals surface area contributed by atoms with Gasteiger partial charge in [0.15, 0.2) is 0 Å². The van der Waals surface area contributed by atoms with Crippen LogP contribution in [-0.2, 0) is 11.3 Å². The quantitative estimate of drug-likeness (QED) is 0.705. The van der Waals surface area contributed by atoms with Crippen molar-refractivity contribution in [2.75, 3.05) is 26.7 Å². The van der Waals surface area contributed by atoms with Gasteiger partial charge in [0.2, 0.25) is 5.91 Å². The van der Waals surface area contributed by atoms with Crippen LogP contribution >= 0.6 is 12.4 Å². The van der Waals surface area contributed by atoms with E-state index < -0.39 is 0 Å². The van der Waals surface area contributed by atoms with Gasteiger partial charge in [-0.25, -0.2) is 4.79 Å². The van der Waals surface area contributed by atoms with Gasteiger partial charge in [-0.3, -0.25) is 4.79 Å². The van der Waals surface area contributed by atoms with Gasteiger partial charge in [0.1, 0.15) is 0 Å². The van der Waals surface area contributed by atoms with Crippen LogP contribution in [0.2, 0.25) is 0 Å². The molecule has 1 aliphatic heterocycles. The first-order valence-electron chi connectivity index (χ1n) is 10.3. The number of piperidine rings is 1. The molecular weight excluding hydrogens is 388 g/mol. The topological polar surface area (TPSA) is 78.7 Å². The number of nitrogens with two attached hydrogens (primary N) is 1. The molecule has 1 unspecified atom stereocenters. The highest BCUT2D eigenvalue weighted by Gasteiger charge is 2.32. The first-order chi connectivity index (χ1) is 13.2. The van der Waals surface area contributed by atoms with E-state index in [9.17, 15) is 9.59 Å². The van der Waals surface area contributed by atoms with Crippen molar-refractivity contribution < 1.29 is 9.59 Å². The van der Waals surface area contributed by atoms with E-state index in [1.807, 2.05) is 49.2 Å². The Morgan fingerprint density at radius 3 is 2.34 bits per heavy atom. The zero-order valence-electron chi connectivity index (χ0n) is 18.2. The lowest BCUT2D eigenvalue weighted by atomic mass is 9.88. The molecule has 1 fully saturated rings. The summed E-state index contributed by atoms with van der Waals surface area (Å²) in [5.74, 6) is 0.480. The van der Waals surface area contributed by atoms with Gasteiger partial charge in [-0.2, -0.15) is 0 Å². The molecule has 6 nitrogen and oxygen atoms in total. The molecule has 7 heteroatoms. The van der Waals surface area contributed by atoms with E-state index in [0.717, 1.165) is 12.0 Å². The number of carbonyl (C=O) groups is 2. The molecule has 0 aliphatic carbocycles. The summed E-state index contributed by atoms with van der Waals surface area (Å²) in [5, 5.41) is 3.17. The number of nitrogens with zero attached hydrogens (tertiary/aromatic N) is 2. The van der Waals surface area contributed by atoms with Crippen LogP contribution in [0.4, 0.5) is 4.79 Å². The summed E-state index contributed by atoms with van der Waals surface area (Å²) in [6, 6.07) is 9.99. The summed E-state index contributed by atoms with van der Waals surface area (Å²) < 4.78 is 0. The van der Waals surface area contributed by atoms with Gasteiger partial charge in [0.05, 0.1) is 0 Å². The fraction of sp³-hybridized carbons (Fsp3) is 0.636. The van der Waals surface area contributed by atoms with Gasteiger partial charge in [-0.15, -0.1) is 12.4 Å². The second kappa shape index (κ2) is 11.4. The number of nitrogens with one attached hydrogen (secondary N) is 1. The Labute approximate surface area is 181 Å². The molecule has 1 saturated heterocycles. The van der Waals surface area contributed by atoms with Crippen molar-refractivity contribution in [1.29, 1.82) is 0 Å². The first-order valence-corrected chi connectivity index (χ1v) is 10.3. The predicted molar refractivity (Wildman–Crippen MR) is 120 cm³/mol. The van der Waals surface area contributed by atoms with E-state index in [2.05, 4.69) is 19.2 Å². The maximum absolute atomic E-state index is 12.7. The normalized spacial score (nSPS) is 16.7. The van der Waals surface area contributed by atoms with Gasteiger partial charge in [0, 0.05) is 44.7 Å². The maximum Gasteiger partial charge on any atom is 0.320 e. The monoisotopic (exact) mass is 424 g/mol. The maximum atomic E-state index is 12.7. The molecule has 1 aromatic rings. The summed E-state index contributed by atoms with van der Waals surface area (Å²) in [7, 11) is 1.83. The van der Waals surface area contributed by atoms with E-state index in [-0.39, 0.29) is 35.8 Å². The molecule has 0 spiro atoms. The Bertz CT molecular complexity index is 647. The fourth-order valence-corrected chi connectivity index (χ4v) is 3.99. The Kier molecular flexibility index (Phi) is 9.93. The van der Waals surface area contributed by atoms with E-state index in [1.54, 1.807) is 4.90 Å². The summed E-state index contributed by atoms with van der Waals surface area (Å²) in [6.07, 6.45) is 2.25. The Morgan fingerprint density at radius 2 is 1.83 bits per heavy atom. The molecule has 1 heterocycles. The van der Waals surface area contributed by atoms with E-state index in [0.29, 0.717) is 44.9 Å². The molecule has 3 amide bonds. The molecule has 0 aromatic heterocycles. The highest BCUT2D eigenvalue weighted by Crippen LogP contribution is 2.22. The van der Waals surface area contributed by atoms with Crippen LogP contribution in [0.3, 0.4) is 0 Å². The SMILES string of the molecule is CC(C)CC(C)(CN)NC(=O)C1CCN(C(=O)N(C)Cc2ccccc2)CC1.Cl. The van der Waals surface area contributed by atoms with Crippen LogP contribution in [0, 0.1) is 11.8 Å². The molecule has 1 atom stereocenters. The van der Waals surface area contributed by atoms with Crippen molar-refractivity contribution in [3.8, 4) is 0 Å². The van der Waals surface area contributed by atoms with Gasteiger partial charge < -0.3 is 20.9 Å². The van der Waals surface area contributed by atoms with Crippen LogP contribution in [0.25, 0.3) is 0 Å². The van der Waals surface area contributed by atoms with Gasteiger partial charge in [-0.1, -0.05) is 44.2 Å². The molecule has 0 bridgehead atoms. The second-order valence-electron chi connectivity index (χ2n) is 8.74. The number of rotatable bonds is 7. The largest absolute Gasteiger partial charge is 0.349 e. The molecule has 3 N–H and O–H groups in total. The number of hydrogen-bond acceptors (Lipinski definition) is 3. The summed E-state index contributed by atoms with van der Waals surface area (Å²) in [5.41, 5.74) is 6.66. The Hall–Kier alpha value is -1.79. The first kappa shape index (κ1) is 25.2. The van der Waals surface area contributed by atoms with Crippen LogP contribution in [0.15, 0.2) is 30.3 Å². The van der Waals surface area contributed by atoms with Crippen LogP contribution in [0.5, 0.6) is 0 Å². The molecule has 0 saturated carbocycles. The lowest BCUT2D eigenvalue weighted by Crippen LogP contribution is -2.55. The van der Waals surface area contributed by atoms with Gasteiger partial charge in [-0.05, 0) is 37.7 Å². The van der Waals surface area contributed by atoms with Crippen molar-refractivity contribution in [3.05, 3.63) is 35.9 Å². The molecule has 164 valence electrons. The van der Waals surface area contributed by atoms with Gasteiger partial charge >= 0.3 is 6.03 Å². The molecule has 1 aliphatic rings. The molecule has 1 aromatic carbocycles. The second-order valence-corrected chi connectivity index (χ2v) is 8.74. The zero-order chi connectivity index (χ0) is 20.7. The number of carbonyl (C=O) groups excluding carboxylic acids is 2. The van der Waals surface area contributed by atoms with Crippen LogP contribution < -0.4 is 11.1 Å². The summed E-state index contributed by atoms with van der Waals surface area (Å²) in [6.45, 7) is 8.52. The number of benzene rings is 1. The van der Waals surface area contributed by atoms with Crippen molar-refractivity contribution in [2.45, 2.75) is 52.1 Å². The standard InChI is InChI=1S/C22H36N4O2.ClH/c1-17(2)14-22(3,16-23)24-20(27)19-10-12-26(13-11-19)21(28)25(4)15-18-8-6-5-7-9-18;/h5-9,17,19H,10-16,23H2,1-4H3,(H,24,27);1H. The van der Waals surface area contributed by atoms with Crippen LogP contribution in [-0.4, -0.2) is 54.0 Å². The number of amides is 3. The van der Waals surface area contributed by atoms with Crippen molar-refractivity contribution in [2.24, 2.45) is 17.6 Å². The lowest BCUT2D eigenvalue weighted by molar-refractivity contribution is -0.128. The molecular formula is C22H37ClN4O2. The Morgan fingerprint density at radius 1 is 1.24 bits per heavy atom. The van der Waals surface area contributed by atoms with Crippen LogP contribution in [0.1, 0.15) is 45.6 Å². The number of halogens is 1. The average Bonchev–Trinajstić information content (AvgIpc) is 2.67. The molecule has 0 radical (unpaired) electrons. The predicted octanol–water partition coefficient (Wildman–Crippen LogP) is 3.25. The van der Waals surface area contributed by atoms with Crippen molar-refractivity contribution in [1.82, 2.24) is 15.1 Å². The third-order valence-electron chi connectivity index (χ3n) is 5.46. The highest BCUT2D eigenvalue weighted by atomic mass is 35.5. The number of hydrogen-bond donors (Lipinski definition) is 2. The lowest BCUT2D eigenvalue weighted by Gasteiger charge is -2.37. The number of urea groups is 1. The third-order valence-corrected chi connectivity index (χ3v) is 5.46. The van der Waals surface area contributed by atoms with E-state index in [4.69, 9.17) is 5.73 Å². The van der Waals surface area contributed by atoms with Crippen molar-refractivity contribution in [3.63, 3.8) is 0 Å². The average molecular weight is 425 g/mol. The fourth-order valence-electron chi connectivity index (χ4n) is 3.99. The molecule has 2 rings (SSSR count). The number of likely N-dealkylation sites (tertiary alicyclic amines) is 1. The summed E-state index contributed by atoms with van der Waals surface area (Å²) in [4.78, 5) is 29.0. The minimum absolute atomic E-state index is 0. The minimum atomic E-state index is -0.367. The minimum Gasteiger partial charge on any atom is -0.349 e. The summed E-state index contributed by atoms with van der Waals surface area (Å²) >= 11 is 0. The molecule has 29 heavy (non-hydrogen) atoms. The van der Waals surface area contributed by atoms with E-state index in [1.165, 1.54) is 0 Å². The Balaban J connectivity index is 0.00000420.